The van der Waals surface area contributed by atoms with Crippen LogP contribution in [0.1, 0.15) is 22.3 Å². The SMILES string of the molecule is O=C(NCCCOc1ccccc1)NCc1ccc(C(=O)O)cc1. The van der Waals surface area contributed by atoms with E-state index in [-0.39, 0.29) is 11.6 Å². The number of carboxylic acid groups (broad SMARTS) is 1. The molecule has 0 saturated carbocycles. The summed E-state index contributed by atoms with van der Waals surface area (Å²) in [6.45, 7) is 1.38. The zero-order valence-electron chi connectivity index (χ0n) is 13.2. The lowest BCUT2D eigenvalue weighted by atomic mass is 10.1. The molecule has 126 valence electrons. The minimum atomic E-state index is -0.968. The van der Waals surface area contributed by atoms with Crippen LogP contribution in [0.15, 0.2) is 54.6 Å². The van der Waals surface area contributed by atoms with Crippen LogP contribution in [-0.4, -0.2) is 30.3 Å². The van der Waals surface area contributed by atoms with Crippen LogP contribution in [0.5, 0.6) is 5.75 Å². The van der Waals surface area contributed by atoms with E-state index < -0.39 is 5.97 Å². The highest BCUT2D eigenvalue weighted by Gasteiger charge is 2.03. The Morgan fingerprint density at radius 3 is 2.33 bits per heavy atom. The number of nitrogens with one attached hydrogen (secondary N) is 2. The standard InChI is InChI=1S/C18H20N2O4/c21-17(22)15-9-7-14(8-10-15)13-20-18(23)19-11-4-12-24-16-5-2-1-3-6-16/h1-3,5-10H,4,11-13H2,(H,21,22)(H2,19,20,23). The van der Waals surface area contributed by atoms with Crippen LogP contribution in [-0.2, 0) is 6.54 Å². The van der Waals surface area contributed by atoms with Crippen LogP contribution in [0, 0.1) is 0 Å². The summed E-state index contributed by atoms with van der Waals surface area (Å²) in [5.74, 6) is -0.156. The number of carbonyl (C=O) groups excluding carboxylic acids is 1. The molecule has 6 heteroatoms. The molecule has 0 saturated heterocycles. The first-order valence-electron chi connectivity index (χ1n) is 7.67. The Morgan fingerprint density at radius 2 is 1.67 bits per heavy atom. The van der Waals surface area contributed by atoms with Gasteiger partial charge in [-0.05, 0) is 36.2 Å². The van der Waals surface area contributed by atoms with Crippen LogP contribution >= 0.6 is 0 Å². The highest BCUT2D eigenvalue weighted by atomic mass is 16.5. The normalized spacial score (nSPS) is 10.0. The largest absolute Gasteiger partial charge is 0.494 e. The smallest absolute Gasteiger partial charge is 0.335 e. The van der Waals surface area contributed by atoms with E-state index >= 15 is 0 Å². The van der Waals surface area contributed by atoms with E-state index in [1.54, 1.807) is 12.1 Å². The molecule has 0 unspecified atom stereocenters. The predicted molar refractivity (Wildman–Crippen MR) is 90.2 cm³/mol. The van der Waals surface area contributed by atoms with E-state index in [9.17, 15) is 9.59 Å². The number of carbonyl (C=O) groups is 2. The highest BCUT2D eigenvalue weighted by molar-refractivity contribution is 5.87. The van der Waals surface area contributed by atoms with E-state index in [1.807, 2.05) is 30.3 Å². The minimum absolute atomic E-state index is 0.224. The fourth-order valence-electron chi connectivity index (χ4n) is 1.99. The van der Waals surface area contributed by atoms with Gasteiger partial charge in [-0.2, -0.15) is 0 Å². The number of amides is 2. The topological polar surface area (TPSA) is 87.7 Å². The number of rotatable bonds is 8. The van der Waals surface area contributed by atoms with Crippen LogP contribution in [0.3, 0.4) is 0 Å². The molecule has 0 spiro atoms. The Kier molecular flexibility index (Phi) is 6.64. The van der Waals surface area contributed by atoms with E-state index in [0.717, 1.165) is 11.3 Å². The molecule has 0 aliphatic rings. The maximum atomic E-state index is 11.7. The second-order valence-corrected chi connectivity index (χ2v) is 5.13. The van der Waals surface area contributed by atoms with Crippen LogP contribution in [0.25, 0.3) is 0 Å². The molecule has 2 rings (SSSR count). The molecular weight excluding hydrogens is 308 g/mol. The van der Waals surface area contributed by atoms with Gasteiger partial charge in [-0.3, -0.25) is 0 Å². The Morgan fingerprint density at radius 1 is 0.958 bits per heavy atom. The van der Waals surface area contributed by atoms with Crippen molar-refractivity contribution < 1.29 is 19.4 Å². The molecular formula is C18H20N2O4. The number of carboxylic acids is 1. The van der Waals surface area contributed by atoms with Gasteiger partial charge < -0.3 is 20.5 Å². The first kappa shape index (κ1) is 17.3. The highest BCUT2D eigenvalue weighted by Crippen LogP contribution is 2.08. The van der Waals surface area contributed by atoms with Gasteiger partial charge in [0.15, 0.2) is 0 Å². The summed E-state index contributed by atoms with van der Waals surface area (Å²) in [5.41, 5.74) is 1.06. The van der Waals surface area contributed by atoms with E-state index in [1.165, 1.54) is 12.1 Å². The summed E-state index contributed by atoms with van der Waals surface area (Å²) < 4.78 is 5.53. The second kappa shape index (κ2) is 9.19. The zero-order valence-corrected chi connectivity index (χ0v) is 13.2. The van der Waals surface area contributed by atoms with Crippen molar-refractivity contribution in [1.29, 1.82) is 0 Å². The Labute approximate surface area is 140 Å². The average Bonchev–Trinajstić information content (AvgIpc) is 2.61. The fraction of sp³-hybridized carbons (Fsp3) is 0.222. The number of hydrogen-bond donors (Lipinski definition) is 3. The first-order valence-corrected chi connectivity index (χ1v) is 7.67. The van der Waals surface area contributed by atoms with Gasteiger partial charge in [0.25, 0.3) is 0 Å². The first-order chi connectivity index (χ1) is 11.6. The lowest BCUT2D eigenvalue weighted by molar-refractivity contribution is 0.0697. The number of para-hydroxylation sites is 1. The third-order valence-electron chi connectivity index (χ3n) is 3.27. The van der Waals surface area contributed by atoms with E-state index in [0.29, 0.717) is 26.1 Å². The van der Waals surface area contributed by atoms with Crippen molar-refractivity contribution >= 4 is 12.0 Å². The molecule has 6 nitrogen and oxygen atoms in total. The molecule has 0 heterocycles. The van der Waals surface area contributed by atoms with Gasteiger partial charge in [0.1, 0.15) is 5.75 Å². The molecule has 0 radical (unpaired) electrons. The number of hydrogen-bond acceptors (Lipinski definition) is 3. The monoisotopic (exact) mass is 328 g/mol. The van der Waals surface area contributed by atoms with Crippen LogP contribution in [0.4, 0.5) is 4.79 Å². The fourth-order valence-corrected chi connectivity index (χ4v) is 1.99. The quantitative estimate of drug-likeness (QED) is 0.650. The van der Waals surface area contributed by atoms with Gasteiger partial charge in [-0.1, -0.05) is 30.3 Å². The van der Waals surface area contributed by atoms with Gasteiger partial charge in [0, 0.05) is 13.1 Å². The number of ether oxygens (including phenoxy) is 1. The molecule has 0 fully saturated rings. The summed E-state index contributed by atoms with van der Waals surface area (Å²) >= 11 is 0. The van der Waals surface area contributed by atoms with Crippen molar-refractivity contribution in [3.05, 3.63) is 65.7 Å². The number of urea groups is 1. The van der Waals surface area contributed by atoms with Crippen molar-refractivity contribution in [2.24, 2.45) is 0 Å². The lowest BCUT2D eigenvalue weighted by Crippen LogP contribution is -2.36. The third-order valence-corrected chi connectivity index (χ3v) is 3.27. The molecule has 0 aromatic heterocycles. The molecule has 2 aromatic carbocycles. The van der Waals surface area contributed by atoms with Crippen molar-refractivity contribution in [2.45, 2.75) is 13.0 Å². The van der Waals surface area contributed by atoms with Gasteiger partial charge in [-0.15, -0.1) is 0 Å². The number of aromatic carboxylic acids is 1. The van der Waals surface area contributed by atoms with Gasteiger partial charge >= 0.3 is 12.0 Å². The molecule has 3 N–H and O–H groups in total. The van der Waals surface area contributed by atoms with Crippen molar-refractivity contribution in [3.8, 4) is 5.75 Å². The Bertz CT molecular complexity index is 656. The third kappa shape index (κ3) is 6.00. The van der Waals surface area contributed by atoms with Gasteiger partial charge in [-0.25, -0.2) is 9.59 Å². The summed E-state index contributed by atoms with van der Waals surface area (Å²) in [6, 6.07) is 15.6. The Hall–Kier alpha value is -3.02. The molecule has 2 amide bonds. The summed E-state index contributed by atoms with van der Waals surface area (Å²) in [4.78, 5) is 22.4. The molecule has 0 atom stereocenters. The molecule has 0 aliphatic carbocycles. The van der Waals surface area contributed by atoms with Gasteiger partial charge in [0.2, 0.25) is 0 Å². The van der Waals surface area contributed by atoms with Crippen molar-refractivity contribution in [1.82, 2.24) is 10.6 Å². The molecule has 24 heavy (non-hydrogen) atoms. The van der Waals surface area contributed by atoms with Crippen molar-refractivity contribution in [3.63, 3.8) is 0 Å². The summed E-state index contributed by atoms with van der Waals surface area (Å²) in [7, 11) is 0. The maximum absolute atomic E-state index is 11.7. The lowest BCUT2D eigenvalue weighted by Gasteiger charge is -2.09. The predicted octanol–water partition coefficient (Wildman–Crippen LogP) is 2.65. The van der Waals surface area contributed by atoms with Crippen LogP contribution < -0.4 is 15.4 Å². The Balaban J connectivity index is 1.59. The summed E-state index contributed by atoms with van der Waals surface area (Å²) in [5, 5.41) is 14.3. The van der Waals surface area contributed by atoms with E-state index in [4.69, 9.17) is 9.84 Å². The van der Waals surface area contributed by atoms with Crippen LogP contribution in [0.2, 0.25) is 0 Å². The summed E-state index contributed by atoms with van der Waals surface area (Å²) in [6.07, 6.45) is 0.704. The molecule has 0 aliphatic heterocycles. The van der Waals surface area contributed by atoms with Gasteiger partial charge in [0.05, 0.1) is 12.2 Å². The zero-order chi connectivity index (χ0) is 17.2. The minimum Gasteiger partial charge on any atom is -0.494 e. The number of benzene rings is 2. The van der Waals surface area contributed by atoms with E-state index in [2.05, 4.69) is 10.6 Å². The second-order valence-electron chi connectivity index (χ2n) is 5.13. The maximum Gasteiger partial charge on any atom is 0.335 e. The average molecular weight is 328 g/mol. The van der Waals surface area contributed by atoms with Crippen molar-refractivity contribution in [2.75, 3.05) is 13.2 Å². The molecule has 0 bridgehead atoms. The molecule has 2 aromatic rings.